The lowest BCUT2D eigenvalue weighted by Gasteiger charge is -2.34. The lowest BCUT2D eigenvalue weighted by atomic mass is 10.3. The molecule has 0 spiro atoms. The maximum atomic E-state index is 12.5. The zero-order chi connectivity index (χ0) is 21.1. The number of nitrogens with zero attached hydrogens (tertiary/aromatic N) is 4. The van der Waals surface area contributed by atoms with E-state index >= 15 is 0 Å². The van der Waals surface area contributed by atoms with Crippen molar-refractivity contribution in [1.29, 1.82) is 0 Å². The Balaban J connectivity index is 1.27. The van der Waals surface area contributed by atoms with Gasteiger partial charge in [-0.05, 0) is 38.1 Å². The third kappa shape index (κ3) is 4.03. The first-order valence-corrected chi connectivity index (χ1v) is 10.4. The van der Waals surface area contributed by atoms with E-state index in [1.165, 1.54) is 0 Å². The summed E-state index contributed by atoms with van der Waals surface area (Å²) in [5.74, 6) is 1.92. The second-order valence-electron chi connectivity index (χ2n) is 7.43. The van der Waals surface area contributed by atoms with Gasteiger partial charge in [-0.3, -0.25) is 4.79 Å². The van der Waals surface area contributed by atoms with Gasteiger partial charge in [-0.25, -0.2) is 9.78 Å². The summed E-state index contributed by atoms with van der Waals surface area (Å²) >= 11 is 0. The number of carbonyl (C=O) groups excluding carboxylic acids is 2. The average Bonchev–Trinajstić information content (AvgIpc) is 3.36. The number of aryl methyl sites for hydroxylation is 2. The molecule has 0 bridgehead atoms. The molecular formula is C22H27N5O3. The number of carbonyl (C=O) groups is 2. The van der Waals surface area contributed by atoms with Crippen LogP contribution in [0.15, 0.2) is 40.8 Å². The van der Waals surface area contributed by atoms with Crippen LogP contribution in [0.3, 0.4) is 0 Å². The van der Waals surface area contributed by atoms with Gasteiger partial charge in [-0.2, -0.15) is 0 Å². The molecule has 0 aliphatic carbocycles. The Kier molecular flexibility index (Phi) is 5.74. The normalized spacial score (nSPS) is 14.3. The van der Waals surface area contributed by atoms with E-state index in [1.807, 2.05) is 25.1 Å². The molecule has 3 aromatic rings. The number of imidazole rings is 1. The number of nitrogens with one attached hydrogen (secondary N) is 1. The number of benzene rings is 1. The van der Waals surface area contributed by atoms with E-state index in [0.29, 0.717) is 50.7 Å². The zero-order valence-electron chi connectivity index (χ0n) is 17.4. The van der Waals surface area contributed by atoms with E-state index in [9.17, 15) is 9.59 Å². The van der Waals surface area contributed by atoms with E-state index in [4.69, 9.17) is 9.40 Å². The fraction of sp³-hybridized carbons (Fsp3) is 0.409. The van der Waals surface area contributed by atoms with Crippen molar-refractivity contribution in [3.05, 3.63) is 53.7 Å². The average molecular weight is 409 g/mol. The molecule has 2 aromatic heterocycles. The molecule has 8 nitrogen and oxygen atoms in total. The molecular weight excluding hydrogens is 382 g/mol. The van der Waals surface area contributed by atoms with Gasteiger partial charge in [0, 0.05) is 45.7 Å². The van der Waals surface area contributed by atoms with Gasteiger partial charge >= 0.3 is 6.03 Å². The Morgan fingerprint density at radius 1 is 1.07 bits per heavy atom. The van der Waals surface area contributed by atoms with Crippen molar-refractivity contribution in [1.82, 2.24) is 24.7 Å². The molecule has 0 unspecified atom stereocenters. The highest BCUT2D eigenvalue weighted by molar-refractivity contribution is 5.91. The number of fused-ring (bicyclic) bond motifs is 1. The fourth-order valence-electron chi connectivity index (χ4n) is 3.88. The van der Waals surface area contributed by atoms with E-state index in [0.717, 1.165) is 23.4 Å². The molecule has 1 aliphatic rings. The van der Waals surface area contributed by atoms with Crippen LogP contribution in [-0.2, 0) is 13.0 Å². The monoisotopic (exact) mass is 409 g/mol. The number of rotatable bonds is 5. The Morgan fingerprint density at radius 3 is 2.50 bits per heavy atom. The minimum absolute atomic E-state index is 0.102. The molecule has 8 heteroatoms. The van der Waals surface area contributed by atoms with Gasteiger partial charge in [-0.15, -0.1) is 0 Å². The van der Waals surface area contributed by atoms with Gasteiger partial charge < -0.3 is 24.1 Å². The van der Waals surface area contributed by atoms with Crippen LogP contribution in [0, 0.1) is 6.92 Å². The predicted octanol–water partition coefficient (Wildman–Crippen LogP) is 2.67. The molecule has 1 aliphatic heterocycles. The Morgan fingerprint density at radius 2 is 1.80 bits per heavy atom. The molecule has 0 saturated carbocycles. The summed E-state index contributed by atoms with van der Waals surface area (Å²) in [4.78, 5) is 33.2. The summed E-state index contributed by atoms with van der Waals surface area (Å²) in [6.07, 6.45) is 0.671. The zero-order valence-corrected chi connectivity index (χ0v) is 17.4. The quantitative estimate of drug-likeness (QED) is 0.702. The van der Waals surface area contributed by atoms with Gasteiger partial charge in [0.2, 0.25) is 0 Å². The van der Waals surface area contributed by atoms with E-state index in [-0.39, 0.29) is 11.9 Å². The summed E-state index contributed by atoms with van der Waals surface area (Å²) in [5.41, 5.74) is 2.10. The lowest BCUT2D eigenvalue weighted by Crippen LogP contribution is -2.53. The Hall–Kier alpha value is -3.29. The summed E-state index contributed by atoms with van der Waals surface area (Å²) in [6, 6.07) is 11.4. The maximum Gasteiger partial charge on any atom is 0.317 e. The van der Waals surface area contributed by atoms with Crippen LogP contribution in [0.2, 0.25) is 0 Å². The highest BCUT2D eigenvalue weighted by atomic mass is 16.3. The molecule has 30 heavy (non-hydrogen) atoms. The second kappa shape index (κ2) is 8.61. The number of hydrogen-bond acceptors (Lipinski definition) is 4. The summed E-state index contributed by atoms with van der Waals surface area (Å²) in [6.45, 7) is 7.28. The number of aromatic nitrogens is 2. The standard InChI is InChI=1S/C22H27N5O3/c1-3-27-18-7-5-4-6-17(18)24-20(27)10-11-23-22(29)26-14-12-25(13-15-26)21(28)19-9-8-16(2)30-19/h4-9H,3,10-15H2,1-2H3,(H,23,29). The second-order valence-corrected chi connectivity index (χ2v) is 7.43. The van der Waals surface area contributed by atoms with Crippen LogP contribution in [-0.4, -0.2) is 64.0 Å². The molecule has 3 amide bonds. The Labute approximate surface area is 175 Å². The van der Waals surface area contributed by atoms with E-state index in [1.54, 1.807) is 21.9 Å². The van der Waals surface area contributed by atoms with Crippen LogP contribution >= 0.6 is 0 Å². The number of piperazine rings is 1. The molecule has 1 fully saturated rings. The van der Waals surface area contributed by atoms with Crippen LogP contribution in [0.1, 0.15) is 29.1 Å². The highest BCUT2D eigenvalue weighted by Gasteiger charge is 2.26. The fourth-order valence-corrected chi connectivity index (χ4v) is 3.88. The van der Waals surface area contributed by atoms with E-state index < -0.39 is 0 Å². The van der Waals surface area contributed by atoms with Crippen molar-refractivity contribution in [3.8, 4) is 0 Å². The SMILES string of the molecule is CCn1c(CCNC(=O)N2CCN(C(=O)c3ccc(C)o3)CC2)nc2ccccc21. The largest absolute Gasteiger partial charge is 0.456 e. The van der Waals surface area contributed by atoms with Gasteiger partial charge in [-0.1, -0.05) is 12.1 Å². The lowest BCUT2D eigenvalue weighted by molar-refractivity contribution is 0.0633. The van der Waals surface area contributed by atoms with Crippen molar-refractivity contribution in [2.24, 2.45) is 0 Å². The maximum absolute atomic E-state index is 12.5. The minimum Gasteiger partial charge on any atom is -0.456 e. The van der Waals surface area contributed by atoms with E-state index in [2.05, 4.69) is 22.9 Å². The molecule has 4 rings (SSSR count). The predicted molar refractivity (Wildman–Crippen MR) is 113 cm³/mol. The van der Waals surface area contributed by atoms with Gasteiger partial charge in [0.25, 0.3) is 5.91 Å². The summed E-state index contributed by atoms with van der Waals surface area (Å²) in [5, 5.41) is 2.99. The number of furan rings is 1. The molecule has 0 atom stereocenters. The molecule has 1 saturated heterocycles. The number of amides is 3. The topological polar surface area (TPSA) is 83.6 Å². The van der Waals surface area contributed by atoms with Crippen molar-refractivity contribution in [2.45, 2.75) is 26.8 Å². The summed E-state index contributed by atoms with van der Waals surface area (Å²) in [7, 11) is 0. The highest BCUT2D eigenvalue weighted by Crippen LogP contribution is 2.16. The summed E-state index contributed by atoms with van der Waals surface area (Å²) < 4.78 is 7.60. The van der Waals surface area contributed by atoms with Crippen molar-refractivity contribution < 1.29 is 14.0 Å². The van der Waals surface area contributed by atoms with Crippen LogP contribution in [0.4, 0.5) is 4.79 Å². The smallest absolute Gasteiger partial charge is 0.317 e. The van der Waals surface area contributed by atoms with Crippen LogP contribution < -0.4 is 5.32 Å². The number of urea groups is 1. The first-order chi connectivity index (χ1) is 14.6. The van der Waals surface area contributed by atoms with Gasteiger partial charge in [0.15, 0.2) is 5.76 Å². The minimum atomic E-state index is -0.123. The van der Waals surface area contributed by atoms with Crippen molar-refractivity contribution in [2.75, 3.05) is 32.7 Å². The van der Waals surface area contributed by atoms with Crippen molar-refractivity contribution >= 4 is 23.0 Å². The van der Waals surface area contributed by atoms with Gasteiger partial charge in [0.1, 0.15) is 11.6 Å². The third-order valence-corrected chi connectivity index (χ3v) is 5.48. The molecule has 158 valence electrons. The molecule has 3 heterocycles. The van der Waals surface area contributed by atoms with Gasteiger partial charge in [0.05, 0.1) is 11.0 Å². The van der Waals surface area contributed by atoms with Crippen LogP contribution in [0.25, 0.3) is 11.0 Å². The third-order valence-electron chi connectivity index (χ3n) is 5.48. The number of hydrogen-bond donors (Lipinski definition) is 1. The number of para-hydroxylation sites is 2. The van der Waals surface area contributed by atoms with Crippen molar-refractivity contribution in [3.63, 3.8) is 0 Å². The first kappa shape index (κ1) is 20.0. The molecule has 1 aromatic carbocycles. The molecule has 0 radical (unpaired) electrons. The first-order valence-electron chi connectivity index (χ1n) is 10.4. The molecule has 1 N–H and O–H groups in total. The van der Waals surface area contributed by atoms with Crippen LogP contribution in [0.5, 0.6) is 0 Å². The Bertz CT molecular complexity index is 1050.